The standard InChI is InChI=1S/C17H21N3OS/c1-11-16(17(21)20-14(10-18)13-7-8-13)22-15(19-11)9-12-5-3-2-4-6-12/h2-6,13-14H,7-10,18H2,1H3,(H,20,21). The zero-order valence-electron chi connectivity index (χ0n) is 12.7. The molecule has 5 heteroatoms. The molecule has 1 unspecified atom stereocenters. The van der Waals surface area contributed by atoms with Crippen LogP contribution in [0.25, 0.3) is 0 Å². The number of carbonyl (C=O) groups is 1. The number of nitrogens with two attached hydrogens (primary N) is 1. The number of nitrogens with one attached hydrogen (secondary N) is 1. The van der Waals surface area contributed by atoms with Crippen LogP contribution in [-0.2, 0) is 6.42 Å². The van der Waals surface area contributed by atoms with Crippen molar-refractivity contribution in [3.8, 4) is 0 Å². The lowest BCUT2D eigenvalue weighted by molar-refractivity contribution is 0.0937. The predicted octanol–water partition coefficient (Wildman–Crippen LogP) is 2.51. The molecule has 1 amide bonds. The van der Waals surface area contributed by atoms with E-state index in [2.05, 4.69) is 22.4 Å². The molecule has 1 atom stereocenters. The molecule has 1 aromatic heterocycles. The maximum absolute atomic E-state index is 12.4. The highest BCUT2D eigenvalue weighted by atomic mass is 32.1. The SMILES string of the molecule is Cc1nc(Cc2ccccc2)sc1C(=O)NC(CN)C1CC1. The van der Waals surface area contributed by atoms with Crippen molar-refractivity contribution in [1.82, 2.24) is 10.3 Å². The fourth-order valence-corrected chi connectivity index (χ4v) is 3.61. The quantitative estimate of drug-likeness (QED) is 0.860. The fourth-order valence-electron chi connectivity index (χ4n) is 2.61. The summed E-state index contributed by atoms with van der Waals surface area (Å²) in [5.74, 6) is 0.530. The molecule has 0 spiro atoms. The second kappa shape index (κ2) is 6.58. The van der Waals surface area contributed by atoms with Crippen LogP contribution in [0.1, 0.15) is 38.8 Å². The number of benzene rings is 1. The summed E-state index contributed by atoms with van der Waals surface area (Å²) in [6.07, 6.45) is 3.11. The van der Waals surface area contributed by atoms with Crippen molar-refractivity contribution in [1.29, 1.82) is 0 Å². The molecule has 3 rings (SSSR count). The van der Waals surface area contributed by atoms with Crippen LogP contribution in [0.2, 0.25) is 0 Å². The molecule has 0 aliphatic heterocycles. The van der Waals surface area contributed by atoms with Gasteiger partial charge in [0.1, 0.15) is 4.88 Å². The first-order valence-electron chi connectivity index (χ1n) is 7.68. The Kier molecular flexibility index (Phi) is 4.55. The smallest absolute Gasteiger partial charge is 0.263 e. The van der Waals surface area contributed by atoms with E-state index in [0.29, 0.717) is 17.3 Å². The molecule has 0 bridgehead atoms. The predicted molar refractivity (Wildman–Crippen MR) is 89.1 cm³/mol. The maximum atomic E-state index is 12.4. The summed E-state index contributed by atoms with van der Waals surface area (Å²) in [6, 6.07) is 10.3. The van der Waals surface area contributed by atoms with Gasteiger partial charge in [-0.05, 0) is 31.2 Å². The first kappa shape index (κ1) is 15.2. The summed E-state index contributed by atoms with van der Waals surface area (Å²) >= 11 is 1.48. The van der Waals surface area contributed by atoms with Crippen LogP contribution in [0.5, 0.6) is 0 Å². The third-order valence-electron chi connectivity index (χ3n) is 4.01. The molecule has 1 saturated carbocycles. The van der Waals surface area contributed by atoms with E-state index in [0.717, 1.165) is 17.1 Å². The molecule has 1 aliphatic rings. The van der Waals surface area contributed by atoms with Gasteiger partial charge in [-0.3, -0.25) is 4.79 Å². The molecule has 22 heavy (non-hydrogen) atoms. The number of nitrogens with zero attached hydrogens (tertiary/aromatic N) is 1. The summed E-state index contributed by atoms with van der Waals surface area (Å²) in [7, 11) is 0. The Bertz CT molecular complexity index is 649. The average Bonchev–Trinajstić information content (AvgIpc) is 3.29. The Balaban J connectivity index is 1.70. The molecule has 116 valence electrons. The van der Waals surface area contributed by atoms with Gasteiger partial charge in [0.25, 0.3) is 5.91 Å². The van der Waals surface area contributed by atoms with Crippen LogP contribution in [0.4, 0.5) is 0 Å². The van der Waals surface area contributed by atoms with Gasteiger partial charge in [-0.25, -0.2) is 4.98 Å². The molecular weight excluding hydrogens is 294 g/mol. The van der Waals surface area contributed by atoms with E-state index < -0.39 is 0 Å². The van der Waals surface area contributed by atoms with Crippen LogP contribution in [0, 0.1) is 12.8 Å². The van der Waals surface area contributed by atoms with Crippen LogP contribution in [0.15, 0.2) is 30.3 Å². The highest BCUT2D eigenvalue weighted by Crippen LogP contribution is 2.32. The topological polar surface area (TPSA) is 68.0 Å². The molecule has 0 radical (unpaired) electrons. The molecular formula is C17H21N3OS. The van der Waals surface area contributed by atoms with Gasteiger partial charge in [0, 0.05) is 19.0 Å². The van der Waals surface area contributed by atoms with Crippen molar-refractivity contribution in [3.63, 3.8) is 0 Å². The summed E-state index contributed by atoms with van der Waals surface area (Å²) in [5.41, 5.74) is 7.77. The van der Waals surface area contributed by atoms with Gasteiger partial charge in [0.2, 0.25) is 0 Å². The largest absolute Gasteiger partial charge is 0.347 e. The monoisotopic (exact) mass is 315 g/mol. The minimum absolute atomic E-state index is 0.0309. The van der Waals surface area contributed by atoms with Crippen molar-refractivity contribution in [2.45, 2.75) is 32.2 Å². The Morgan fingerprint density at radius 3 is 2.77 bits per heavy atom. The minimum Gasteiger partial charge on any atom is -0.347 e. The van der Waals surface area contributed by atoms with Gasteiger partial charge in [0.15, 0.2) is 0 Å². The number of thiazole rings is 1. The summed E-state index contributed by atoms with van der Waals surface area (Å²) < 4.78 is 0. The van der Waals surface area contributed by atoms with E-state index >= 15 is 0 Å². The maximum Gasteiger partial charge on any atom is 0.263 e. The number of rotatable bonds is 6. The normalized spacial score (nSPS) is 15.5. The number of amides is 1. The number of hydrogen-bond donors (Lipinski definition) is 2. The van der Waals surface area contributed by atoms with E-state index in [1.54, 1.807) is 0 Å². The molecule has 0 saturated heterocycles. The second-order valence-electron chi connectivity index (χ2n) is 5.84. The van der Waals surface area contributed by atoms with Gasteiger partial charge in [-0.15, -0.1) is 11.3 Å². The lowest BCUT2D eigenvalue weighted by atomic mass is 10.2. The van der Waals surface area contributed by atoms with Crippen LogP contribution < -0.4 is 11.1 Å². The number of hydrogen-bond acceptors (Lipinski definition) is 4. The Morgan fingerprint density at radius 2 is 2.14 bits per heavy atom. The van der Waals surface area contributed by atoms with Gasteiger partial charge in [-0.2, -0.15) is 0 Å². The lowest BCUT2D eigenvalue weighted by Gasteiger charge is -2.15. The van der Waals surface area contributed by atoms with Gasteiger partial charge < -0.3 is 11.1 Å². The molecule has 1 aromatic carbocycles. The van der Waals surface area contributed by atoms with E-state index in [1.807, 2.05) is 25.1 Å². The Hall–Kier alpha value is -1.72. The highest BCUT2D eigenvalue weighted by Gasteiger charge is 2.32. The van der Waals surface area contributed by atoms with E-state index in [4.69, 9.17) is 5.73 Å². The Labute approximate surface area is 134 Å². The highest BCUT2D eigenvalue weighted by molar-refractivity contribution is 7.13. The van der Waals surface area contributed by atoms with Crippen molar-refractivity contribution >= 4 is 17.2 Å². The van der Waals surface area contributed by atoms with E-state index in [-0.39, 0.29) is 11.9 Å². The van der Waals surface area contributed by atoms with Gasteiger partial charge in [-0.1, -0.05) is 30.3 Å². The van der Waals surface area contributed by atoms with Crippen LogP contribution in [0.3, 0.4) is 0 Å². The van der Waals surface area contributed by atoms with Crippen molar-refractivity contribution < 1.29 is 4.79 Å². The summed E-state index contributed by atoms with van der Waals surface area (Å²) in [6.45, 7) is 2.40. The molecule has 1 heterocycles. The zero-order valence-corrected chi connectivity index (χ0v) is 13.5. The number of aromatic nitrogens is 1. The van der Waals surface area contributed by atoms with E-state index in [9.17, 15) is 4.79 Å². The minimum atomic E-state index is -0.0309. The van der Waals surface area contributed by atoms with Crippen molar-refractivity contribution in [2.24, 2.45) is 11.7 Å². The molecule has 3 N–H and O–H groups in total. The molecule has 1 aliphatic carbocycles. The van der Waals surface area contributed by atoms with Gasteiger partial charge >= 0.3 is 0 Å². The average molecular weight is 315 g/mol. The van der Waals surface area contributed by atoms with Crippen LogP contribution in [-0.4, -0.2) is 23.5 Å². The van der Waals surface area contributed by atoms with Gasteiger partial charge in [0.05, 0.1) is 10.7 Å². The van der Waals surface area contributed by atoms with E-state index in [1.165, 1.54) is 29.7 Å². The summed E-state index contributed by atoms with van der Waals surface area (Å²) in [4.78, 5) is 17.7. The zero-order chi connectivity index (χ0) is 15.5. The first-order valence-corrected chi connectivity index (χ1v) is 8.50. The van der Waals surface area contributed by atoms with Crippen molar-refractivity contribution in [3.05, 3.63) is 51.5 Å². The lowest BCUT2D eigenvalue weighted by Crippen LogP contribution is -2.41. The molecule has 1 fully saturated rings. The number of carbonyl (C=O) groups excluding carboxylic acids is 1. The third kappa shape index (κ3) is 3.54. The van der Waals surface area contributed by atoms with Crippen LogP contribution >= 0.6 is 11.3 Å². The summed E-state index contributed by atoms with van der Waals surface area (Å²) in [5, 5.41) is 4.05. The Morgan fingerprint density at radius 1 is 1.41 bits per heavy atom. The molecule has 4 nitrogen and oxygen atoms in total. The molecule has 2 aromatic rings. The first-order chi connectivity index (χ1) is 10.7. The fraction of sp³-hybridized carbons (Fsp3) is 0.412. The van der Waals surface area contributed by atoms with Crippen molar-refractivity contribution in [2.75, 3.05) is 6.54 Å². The third-order valence-corrected chi connectivity index (χ3v) is 5.16. The second-order valence-corrected chi connectivity index (χ2v) is 6.92. The number of aryl methyl sites for hydroxylation is 1.